The molecule has 0 saturated heterocycles. The van der Waals surface area contributed by atoms with Gasteiger partial charge in [-0.2, -0.15) is 0 Å². The molecule has 1 aliphatic rings. The summed E-state index contributed by atoms with van der Waals surface area (Å²) in [4.78, 5) is 27.1. The van der Waals surface area contributed by atoms with Crippen molar-refractivity contribution < 1.29 is 14.3 Å². The van der Waals surface area contributed by atoms with E-state index in [2.05, 4.69) is 6.92 Å². The second-order valence-corrected chi connectivity index (χ2v) is 6.90. The quantitative estimate of drug-likeness (QED) is 0.528. The Bertz CT molecular complexity index is 651. The molecule has 0 aliphatic carbocycles. The first-order chi connectivity index (χ1) is 12.6. The van der Waals surface area contributed by atoms with E-state index in [0.29, 0.717) is 13.0 Å². The summed E-state index contributed by atoms with van der Waals surface area (Å²) in [5.74, 6) is 0.0943. The smallest absolute Gasteiger partial charge is 0.415 e. The molecule has 0 saturated carbocycles. The Labute approximate surface area is 157 Å². The van der Waals surface area contributed by atoms with Crippen molar-refractivity contribution in [3.63, 3.8) is 0 Å². The molecule has 142 valence electrons. The molecule has 4 heteroatoms. The van der Waals surface area contributed by atoms with Gasteiger partial charge in [-0.15, -0.1) is 0 Å². The van der Waals surface area contributed by atoms with Crippen LogP contribution in [-0.4, -0.2) is 24.5 Å². The topological polar surface area (TPSA) is 46.6 Å². The first kappa shape index (κ1) is 20.2. The average Bonchev–Trinajstić information content (AvgIpc) is 2.63. The standard InChI is InChI=1S/C22H31NO3/c1-4-6-7-8-9-10-15-20(24)21-17(3)16-18-13-11-12-14-19(18)23(21)22(25)26-5-2/h11-14,16,21H,4-10,15H2,1-3H3. The van der Waals surface area contributed by atoms with E-state index in [9.17, 15) is 9.59 Å². The summed E-state index contributed by atoms with van der Waals surface area (Å²) in [7, 11) is 0. The number of ketones is 1. The molecule has 1 amide bonds. The number of benzene rings is 1. The van der Waals surface area contributed by atoms with E-state index in [0.717, 1.165) is 29.7 Å². The number of Topliss-reactive ketones (excluding diaryl/α,β-unsaturated/α-hetero) is 1. The van der Waals surface area contributed by atoms with E-state index >= 15 is 0 Å². The largest absolute Gasteiger partial charge is 0.449 e. The second-order valence-electron chi connectivity index (χ2n) is 6.90. The predicted octanol–water partition coefficient (Wildman–Crippen LogP) is 5.75. The van der Waals surface area contributed by atoms with Crippen molar-refractivity contribution >= 4 is 23.6 Å². The van der Waals surface area contributed by atoms with Crippen LogP contribution in [0.25, 0.3) is 6.08 Å². The summed E-state index contributed by atoms with van der Waals surface area (Å²) in [6.07, 6.45) is 8.88. The number of nitrogens with zero attached hydrogens (tertiary/aromatic N) is 1. The lowest BCUT2D eigenvalue weighted by Gasteiger charge is -2.35. The van der Waals surface area contributed by atoms with E-state index in [1.165, 1.54) is 30.6 Å². The van der Waals surface area contributed by atoms with Crippen molar-refractivity contribution in [3.05, 3.63) is 35.4 Å². The molecule has 1 aliphatic heterocycles. The van der Waals surface area contributed by atoms with Crippen LogP contribution in [0.2, 0.25) is 0 Å². The fourth-order valence-electron chi connectivity index (χ4n) is 3.51. The van der Waals surface area contributed by atoms with Crippen LogP contribution in [0.3, 0.4) is 0 Å². The normalized spacial score (nSPS) is 16.0. The number of carbonyl (C=O) groups excluding carboxylic acids is 2. The number of para-hydroxylation sites is 1. The van der Waals surface area contributed by atoms with Gasteiger partial charge in [-0.3, -0.25) is 9.69 Å². The first-order valence-corrected chi connectivity index (χ1v) is 9.86. The molecule has 1 unspecified atom stereocenters. The Kier molecular flexibility index (Phi) is 7.89. The Morgan fingerprint density at radius 1 is 1.04 bits per heavy atom. The van der Waals surface area contributed by atoms with E-state index in [-0.39, 0.29) is 5.78 Å². The lowest BCUT2D eigenvalue weighted by molar-refractivity contribution is -0.119. The van der Waals surface area contributed by atoms with E-state index in [1.807, 2.05) is 37.3 Å². The molecule has 0 radical (unpaired) electrons. The predicted molar refractivity (Wildman–Crippen MR) is 106 cm³/mol. The molecule has 1 aromatic rings. The monoisotopic (exact) mass is 357 g/mol. The van der Waals surface area contributed by atoms with Gasteiger partial charge in [0.2, 0.25) is 0 Å². The van der Waals surface area contributed by atoms with Crippen LogP contribution in [0.1, 0.15) is 71.3 Å². The summed E-state index contributed by atoms with van der Waals surface area (Å²) in [5, 5.41) is 0. The van der Waals surface area contributed by atoms with Crippen LogP contribution in [0.5, 0.6) is 0 Å². The number of fused-ring (bicyclic) bond motifs is 1. The first-order valence-electron chi connectivity index (χ1n) is 9.86. The van der Waals surface area contributed by atoms with Crippen molar-refractivity contribution in [1.29, 1.82) is 0 Å². The molecule has 0 aromatic heterocycles. The third-order valence-corrected chi connectivity index (χ3v) is 4.82. The summed E-state index contributed by atoms with van der Waals surface area (Å²) in [5.41, 5.74) is 2.59. The zero-order chi connectivity index (χ0) is 18.9. The molecular weight excluding hydrogens is 326 g/mol. The zero-order valence-corrected chi connectivity index (χ0v) is 16.3. The van der Waals surface area contributed by atoms with Crippen LogP contribution in [0, 0.1) is 0 Å². The molecule has 1 atom stereocenters. The van der Waals surface area contributed by atoms with Crippen LogP contribution in [0.15, 0.2) is 29.8 Å². The fourth-order valence-corrected chi connectivity index (χ4v) is 3.51. The minimum Gasteiger partial charge on any atom is -0.449 e. The van der Waals surface area contributed by atoms with E-state index in [4.69, 9.17) is 4.74 Å². The second kappa shape index (κ2) is 10.1. The van der Waals surface area contributed by atoms with Crippen molar-refractivity contribution in [1.82, 2.24) is 0 Å². The third-order valence-electron chi connectivity index (χ3n) is 4.82. The minimum atomic E-state index is -0.556. The van der Waals surface area contributed by atoms with Crippen LogP contribution in [-0.2, 0) is 9.53 Å². The lowest BCUT2D eigenvalue weighted by atomic mass is 9.91. The van der Waals surface area contributed by atoms with Gasteiger partial charge in [0.25, 0.3) is 0 Å². The summed E-state index contributed by atoms with van der Waals surface area (Å²) >= 11 is 0. The van der Waals surface area contributed by atoms with E-state index < -0.39 is 12.1 Å². The molecular formula is C22H31NO3. The Balaban J connectivity index is 2.11. The number of anilines is 1. The van der Waals surface area contributed by atoms with Gasteiger partial charge < -0.3 is 4.74 Å². The molecule has 1 heterocycles. The maximum Gasteiger partial charge on any atom is 0.415 e. The summed E-state index contributed by atoms with van der Waals surface area (Å²) < 4.78 is 5.24. The number of amides is 1. The number of hydrogen-bond acceptors (Lipinski definition) is 3. The highest BCUT2D eigenvalue weighted by atomic mass is 16.6. The summed E-state index contributed by atoms with van der Waals surface area (Å²) in [6.45, 7) is 6.19. The maximum absolute atomic E-state index is 12.9. The van der Waals surface area contributed by atoms with Crippen LogP contribution < -0.4 is 4.90 Å². The van der Waals surface area contributed by atoms with Gasteiger partial charge in [0.15, 0.2) is 5.78 Å². The number of ether oxygens (including phenoxy) is 1. The maximum atomic E-state index is 12.9. The van der Waals surface area contributed by atoms with Gasteiger partial charge in [-0.25, -0.2) is 4.79 Å². The molecule has 0 N–H and O–H groups in total. The van der Waals surface area contributed by atoms with Crippen LogP contribution in [0.4, 0.5) is 10.5 Å². The van der Waals surface area contributed by atoms with Crippen molar-refractivity contribution in [2.45, 2.75) is 71.8 Å². The fraction of sp³-hybridized carbons (Fsp3) is 0.545. The number of carbonyl (C=O) groups is 2. The van der Waals surface area contributed by atoms with Crippen LogP contribution >= 0.6 is 0 Å². The Morgan fingerprint density at radius 2 is 1.73 bits per heavy atom. The molecule has 4 nitrogen and oxygen atoms in total. The molecule has 0 bridgehead atoms. The van der Waals surface area contributed by atoms with Gasteiger partial charge in [-0.1, -0.05) is 63.3 Å². The van der Waals surface area contributed by atoms with Gasteiger partial charge in [0.05, 0.1) is 12.3 Å². The minimum absolute atomic E-state index is 0.0943. The Hall–Kier alpha value is -2.10. The molecule has 1 aromatic carbocycles. The highest BCUT2D eigenvalue weighted by Gasteiger charge is 2.36. The average molecular weight is 357 g/mol. The highest BCUT2D eigenvalue weighted by molar-refractivity contribution is 6.04. The number of hydrogen-bond donors (Lipinski definition) is 0. The van der Waals surface area contributed by atoms with Gasteiger partial charge in [0.1, 0.15) is 6.04 Å². The third kappa shape index (κ3) is 4.96. The SMILES string of the molecule is CCCCCCCCC(=O)C1C(C)=Cc2ccccc2N1C(=O)OCC. The van der Waals surface area contributed by atoms with Crippen molar-refractivity contribution in [2.24, 2.45) is 0 Å². The highest BCUT2D eigenvalue weighted by Crippen LogP contribution is 2.34. The van der Waals surface area contributed by atoms with Gasteiger partial charge >= 0.3 is 6.09 Å². The van der Waals surface area contributed by atoms with E-state index in [1.54, 1.807) is 6.92 Å². The van der Waals surface area contributed by atoms with Crippen molar-refractivity contribution in [3.8, 4) is 0 Å². The molecule has 2 rings (SSSR count). The van der Waals surface area contributed by atoms with Crippen molar-refractivity contribution in [2.75, 3.05) is 11.5 Å². The lowest BCUT2D eigenvalue weighted by Crippen LogP contribution is -2.48. The number of unbranched alkanes of at least 4 members (excludes halogenated alkanes) is 5. The summed E-state index contributed by atoms with van der Waals surface area (Å²) in [6, 6.07) is 7.10. The van der Waals surface area contributed by atoms with Gasteiger partial charge in [0, 0.05) is 6.42 Å². The molecule has 0 spiro atoms. The zero-order valence-electron chi connectivity index (χ0n) is 16.3. The molecule has 0 fully saturated rings. The number of rotatable bonds is 9. The Morgan fingerprint density at radius 3 is 2.46 bits per heavy atom. The van der Waals surface area contributed by atoms with Gasteiger partial charge in [-0.05, 0) is 37.5 Å². The molecule has 26 heavy (non-hydrogen) atoms.